The van der Waals surface area contributed by atoms with Crippen molar-refractivity contribution in [2.24, 2.45) is 5.92 Å². The van der Waals surface area contributed by atoms with Crippen LogP contribution in [0.5, 0.6) is 5.75 Å². The molecule has 1 aliphatic carbocycles. The van der Waals surface area contributed by atoms with Crippen molar-refractivity contribution in [3.8, 4) is 5.75 Å². The zero-order valence-corrected chi connectivity index (χ0v) is 12.9. The summed E-state index contributed by atoms with van der Waals surface area (Å²) in [4.78, 5) is 11.6. The van der Waals surface area contributed by atoms with Crippen molar-refractivity contribution < 1.29 is 22.7 Å². The Labute approximate surface area is 124 Å². The van der Waals surface area contributed by atoms with Crippen LogP contribution in [-0.4, -0.2) is 34.4 Å². The number of ether oxygens (including phenoxy) is 2. The van der Waals surface area contributed by atoms with Crippen LogP contribution in [-0.2, 0) is 21.3 Å². The Morgan fingerprint density at radius 3 is 2.67 bits per heavy atom. The van der Waals surface area contributed by atoms with Gasteiger partial charge in [0.1, 0.15) is 5.75 Å². The second-order valence-electron chi connectivity index (χ2n) is 5.16. The van der Waals surface area contributed by atoms with E-state index in [1.54, 1.807) is 18.2 Å². The quantitative estimate of drug-likeness (QED) is 0.768. The van der Waals surface area contributed by atoms with Crippen molar-refractivity contribution in [2.75, 3.05) is 20.0 Å². The number of carbonyl (C=O) groups is 1. The highest BCUT2D eigenvalue weighted by Crippen LogP contribution is 2.30. The molecule has 0 radical (unpaired) electrons. The van der Waals surface area contributed by atoms with E-state index in [4.69, 9.17) is 4.74 Å². The molecule has 1 N–H and O–H groups in total. The van der Waals surface area contributed by atoms with Crippen molar-refractivity contribution in [3.05, 3.63) is 29.3 Å². The van der Waals surface area contributed by atoms with Gasteiger partial charge in [-0.3, -0.25) is 0 Å². The average molecular weight is 313 g/mol. The second-order valence-corrected chi connectivity index (χ2v) is 6.99. The van der Waals surface area contributed by atoms with Gasteiger partial charge in [0.25, 0.3) is 0 Å². The van der Waals surface area contributed by atoms with Gasteiger partial charge in [0.2, 0.25) is 10.0 Å². The molecule has 0 bridgehead atoms. The van der Waals surface area contributed by atoms with Crippen LogP contribution in [0.15, 0.2) is 18.2 Å². The summed E-state index contributed by atoms with van der Waals surface area (Å²) >= 11 is 0. The molecule has 1 aromatic rings. The van der Waals surface area contributed by atoms with Crippen molar-refractivity contribution >= 4 is 16.0 Å². The van der Waals surface area contributed by atoms with E-state index in [0.29, 0.717) is 29.4 Å². The van der Waals surface area contributed by atoms with Crippen LogP contribution < -0.4 is 9.46 Å². The Morgan fingerprint density at radius 1 is 1.38 bits per heavy atom. The van der Waals surface area contributed by atoms with E-state index < -0.39 is 16.0 Å². The lowest BCUT2D eigenvalue weighted by molar-refractivity contribution is 0.0600. The molecule has 0 aliphatic heterocycles. The summed E-state index contributed by atoms with van der Waals surface area (Å²) in [5.41, 5.74) is 1.07. The first-order valence-corrected chi connectivity index (χ1v) is 8.57. The molecule has 1 fully saturated rings. The maximum atomic E-state index is 11.6. The Kier molecular flexibility index (Phi) is 4.84. The number of methoxy groups -OCH3 is 1. The van der Waals surface area contributed by atoms with E-state index in [0.717, 1.165) is 19.1 Å². The van der Waals surface area contributed by atoms with Gasteiger partial charge in [-0.25, -0.2) is 17.9 Å². The minimum absolute atomic E-state index is 0.125. The smallest absolute Gasteiger partial charge is 0.337 e. The molecule has 0 aromatic heterocycles. The lowest BCUT2D eigenvalue weighted by atomic mass is 10.1. The number of carbonyl (C=O) groups excluding carboxylic acids is 1. The summed E-state index contributed by atoms with van der Waals surface area (Å²) in [6.45, 7) is 0.705. The summed E-state index contributed by atoms with van der Waals surface area (Å²) in [6, 6.07) is 4.86. The number of benzene rings is 1. The van der Waals surface area contributed by atoms with Gasteiger partial charge >= 0.3 is 5.97 Å². The molecule has 0 amide bonds. The molecular weight excluding hydrogens is 294 g/mol. The van der Waals surface area contributed by atoms with E-state index in [2.05, 4.69) is 9.46 Å². The van der Waals surface area contributed by atoms with Gasteiger partial charge < -0.3 is 9.47 Å². The number of hydrogen-bond donors (Lipinski definition) is 1. The van der Waals surface area contributed by atoms with Crippen molar-refractivity contribution in [2.45, 2.75) is 19.4 Å². The Morgan fingerprint density at radius 2 is 2.10 bits per heavy atom. The lowest BCUT2D eigenvalue weighted by Gasteiger charge is -2.13. The van der Waals surface area contributed by atoms with Crippen molar-refractivity contribution in [1.29, 1.82) is 0 Å². The van der Waals surface area contributed by atoms with Crippen LogP contribution in [0, 0.1) is 5.92 Å². The summed E-state index contributed by atoms with van der Waals surface area (Å²) < 4.78 is 35.2. The average Bonchev–Trinajstić information content (AvgIpc) is 3.25. The van der Waals surface area contributed by atoms with Crippen LogP contribution >= 0.6 is 0 Å². The van der Waals surface area contributed by atoms with E-state index >= 15 is 0 Å². The van der Waals surface area contributed by atoms with Gasteiger partial charge in [0.15, 0.2) is 0 Å². The molecule has 1 aromatic carbocycles. The Hall–Kier alpha value is -1.60. The summed E-state index contributed by atoms with van der Waals surface area (Å²) in [7, 11) is -1.97. The number of hydrogen-bond acceptors (Lipinski definition) is 5. The third-order valence-electron chi connectivity index (χ3n) is 3.18. The van der Waals surface area contributed by atoms with Gasteiger partial charge in [-0.05, 0) is 30.9 Å². The second kappa shape index (κ2) is 6.44. The molecular formula is C14H19NO5S. The molecule has 0 spiro atoms. The number of sulfonamides is 1. The first-order chi connectivity index (χ1) is 9.89. The summed E-state index contributed by atoms with van der Waals surface area (Å²) in [5, 5.41) is 0. The third-order valence-corrected chi connectivity index (χ3v) is 3.85. The van der Waals surface area contributed by atoms with Gasteiger partial charge in [0.05, 0.1) is 25.5 Å². The van der Waals surface area contributed by atoms with Crippen LogP contribution in [0.4, 0.5) is 0 Å². The minimum atomic E-state index is -3.29. The van der Waals surface area contributed by atoms with Gasteiger partial charge in [-0.1, -0.05) is 6.07 Å². The highest BCUT2D eigenvalue weighted by atomic mass is 32.2. The number of rotatable bonds is 7. The molecule has 0 atom stereocenters. The highest BCUT2D eigenvalue weighted by Gasteiger charge is 2.23. The van der Waals surface area contributed by atoms with Crippen LogP contribution in [0.3, 0.4) is 0 Å². The first-order valence-electron chi connectivity index (χ1n) is 6.67. The number of esters is 1. The largest absolute Gasteiger partial charge is 0.493 e. The third kappa shape index (κ3) is 5.02. The maximum Gasteiger partial charge on any atom is 0.337 e. The number of nitrogens with one attached hydrogen (secondary N) is 1. The molecule has 7 heteroatoms. The molecule has 21 heavy (non-hydrogen) atoms. The molecule has 1 aliphatic rings. The fraction of sp³-hybridized carbons (Fsp3) is 0.500. The molecule has 0 saturated heterocycles. The SMILES string of the molecule is COC(=O)c1ccc(CNS(C)(=O)=O)c(OCC2CC2)c1. The zero-order chi connectivity index (χ0) is 15.5. The highest BCUT2D eigenvalue weighted by molar-refractivity contribution is 7.88. The van der Waals surface area contributed by atoms with Crippen molar-refractivity contribution in [3.63, 3.8) is 0 Å². The molecule has 6 nitrogen and oxygen atoms in total. The maximum absolute atomic E-state index is 11.6. The molecule has 0 unspecified atom stereocenters. The topological polar surface area (TPSA) is 81.7 Å². The Balaban J connectivity index is 2.17. The van der Waals surface area contributed by atoms with Crippen LogP contribution in [0.25, 0.3) is 0 Å². The van der Waals surface area contributed by atoms with Crippen LogP contribution in [0.1, 0.15) is 28.8 Å². The van der Waals surface area contributed by atoms with Crippen molar-refractivity contribution in [1.82, 2.24) is 4.72 Å². The predicted octanol–water partition coefficient (Wildman–Crippen LogP) is 1.31. The van der Waals surface area contributed by atoms with Gasteiger partial charge in [-0.15, -0.1) is 0 Å². The minimum Gasteiger partial charge on any atom is -0.493 e. The van der Waals surface area contributed by atoms with E-state index in [-0.39, 0.29) is 6.54 Å². The molecule has 1 saturated carbocycles. The van der Waals surface area contributed by atoms with E-state index in [1.807, 2.05) is 0 Å². The van der Waals surface area contributed by atoms with E-state index in [1.165, 1.54) is 7.11 Å². The zero-order valence-electron chi connectivity index (χ0n) is 12.1. The van der Waals surface area contributed by atoms with Gasteiger partial charge in [-0.2, -0.15) is 0 Å². The summed E-state index contributed by atoms with van der Waals surface area (Å²) in [6.07, 6.45) is 3.39. The molecule has 0 heterocycles. The lowest BCUT2D eigenvalue weighted by Crippen LogP contribution is -2.21. The normalized spacial score (nSPS) is 14.8. The molecule has 116 valence electrons. The predicted molar refractivity (Wildman–Crippen MR) is 77.7 cm³/mol. The fourth-order valence-electron chi connectivity index (χ4n) is 1.78. The fourth-order valence-corrected chi connectivity index (χ4v) is 2.20. The first kappa shape index (κ1) is 15.8. The summed E-state index contributed by atoms with van der Waals surface area (Å²) in [5.74, 6) is 0.623. The monoisotopic (exact) mass is 313 g/mol. The van der Waals surface area contributed by atoms with E-state index in [9.17, 15) is 13.2 Å². The van der Waals surface area contributed by atoms with Crippen LogP contribution in [0.2, 0.25) is 0 Å². The standard InChI is InChI=1S/C14H19NO5S/c1-19-14(16)11-5-6-12(8-15-21(2,17)18)13(7-11)20-9-10-3-4-10/h5-7,10,15H,3-4,8-9H2,1-2H3. The molecule has 2 rings (SSSR count). The van der Waals surface area contributed by atoms with Gasteiger partial charge in [0, 0.05) is 12.1 Å². The Bertz CT molecular complexity index is 622.